The highest BCUT2D eigenvalue weighted by atomic mass is 35.5. The molecule has 27 heavy (non-hydrogen) atoms. The number of carbonyl (C=O) groups excluding carboxylic acids is 1. The average molecular weight is 390 g/mol. The Kier molecular flexibility index (Phi) is 4.95. The maximum Gasteiger partial charge on any atom is 0.407 e. The number of amides is 1. The van der Waals surface area contributed by atoms with Crippen molar-refractivity contribution in [1.82, 2.24) is 5.32 Å². The van der Waals surface area contributed by atoms with Crippen LogP contribution in [-0.4, -0.2) is 17.7 Å². The van der Waals surface area contributed by atoms with Crippen molar-refractivity contribution < 1.29 is 9.53 Å². The first kappa shape index (κ1) is 19.1. The highest BCUT2D eigenvalue weighted by Crippen LogP contribution is 2.64. The molecule has 0 aromatic heterocycles. The number of alkyl carbamates (subject to hydrolysis) is 1. The van der Waals surface area contributed by atoms with E-state index in [4.69, 9.17) is 16.3 Å². The second kappa shape index (κ2) is 6.99. The third-order valence-electron chi connectivity index (χ3n) is 6.87. The summed E-state index contributed by atoms with van der Waals surface area (Å²) in [4.78, 5) is 12.0. The number of fused-ring (bicyclic) bond motifs is 2. The van der Waals surface area contributed by atoms with Gasteiger partial charge in [0.25, 0.3) is 0 Å². The molecule has 1 aromatic carbocycles. The van der Waals surface area contributed by atoms with Crippen molar-refractivity contribution in [2.45, 2.75) is 89.2 Å². The fraction of sp³-hybridized carbons (Fsp3) is 0.696. The van der Waals surface area contributed by atoms with Gasteiger partial charge in [0, 0.05) is 11.1 Å². The van der Waals surface area contributed by atoms with E-state index in [0.717, 1.165) is 29.7 Å². The van der Waals surface area contributed by atoms with Crippen molar-refractivity contribution in [1.29, 1.82) is 0 Å². The Balaban J connectivity index is 1.26. The Labute approximate surface area is 168 Å². The van der Waals surface area contributed by atoms with Gasteiger partial charge in [0.2, 0.25) is 0 Å². The molecule has 1 N–H and O–H groups in total. The quantitative estimate of drug-likeness (QED) is 0.686. The van der Waals surface area contributed by atoms with E-state index in [0.29, 0.717) is 5.41 Å². The van der Waals surface area contributed by atoms with Crippen molar-refractivity contribution in [2.75, 3.05) is 0 Å². The molecular weight excluding hydrogens is 358 g/mol. The largest absolute Gasteiger partial charge is 0.444 e. The second-order valence-electron chi connectivity index (χ2n) is 9.96. The number of benzene rings is 1. The van der Waals surface area contributed by atoms with Gasteiger partial charge in [-0.3, -0.25) is 0 Å². The van der Waals surface area contributed by atoms with E-state index in [1.54, 1.807) is 5.56 Å². The fourth-order valence-electron chi connectivity index (χ4n) is 5.47. The Bertz CT molecular complexity index is 718. The molecule has 2 unspecified atom stereocenters. The molecule has 2 fully saturated rings. The molecule has 148 valence electrons. The fourth-order valence-corrected chi connectivity index (χ4v) is 5.64. The van der Waals surface area contributed by atoms with Crippen LogP contribution >= 0.6 is 11.6 Å². The van der Waals surface area contributed by atoms with Crippen molar-refractivity contribution in [2.24, 2.45) is 11.8 Å². The Morgan fingerprint density at radius 3 is 2.70 bits per heavy atom. The maximum absolute atomic E-state index is 12.0. The van der Waals surface area contributed by atoms with E-state index in [1.807, 2.05) is 26.8 Å². The number of rotatable bonds is 3. The molecule has 0 aliphatic heterocycles. The topological polar surface area (TPSA) is 38.3 Å². The highest BCUT2D eigenvalue weighted by molar-refractivity contribution is 6.30. The van der Waals surface area contributed by atoms with E-state index in [1.165, 1.54) is 44.1 Å². The third-order valence-corrected chi connectivity index (χ3v) is 7.10. The number of hydrogen-bond acceptors (Lipinski definition) is 2. The Morgan fingerprint density at radius 2 is 2.00 bits per heavy atom. The molecule has 1 amide bonds. The SMILES string of the molecule is CC(C)(C)OC(=O)NC1CCC(CC2CC23CCc2ccc(Cl)cc23)CC1. The van der Waals surface area contributed by atoms with Crippen molar-refractivity contribution >= 4 is 17.7 Å². The van der Waals surface area contributed by atoms with Crippen LogP contribution in [0.4, 0.5) is 4.79 Å². The molecule has 0 saturated heterocycles. The maximum atomic E-state index is 12.0. The lowest BCUT2D eigenvalue weighted by Gasteiger charge is -2.30. The summed E-state index contributed by atoms with van der Waals surface area (Å²) in [5.41, 5.74) is 3.07. The third kappa shape index (κ3) is 4.13. The summed E-state index contributed by atoms with van der Waals surface area (Å²) in [6, 6.07) is 6.77. The first-order valence-electron chi connectivity index (χ1n) is 10.5. The van der Waals surface area contributed by atoms with Crippen LogP contribution < -0.4 is 5.32 Å². The lowest BCUT2D eigenvalue weighted by Crippen LogP contribution is -2.41. The van der Waals surface area contributed by atoms with Crippen LogP contribution in [0, 0.1) is 11.8 Å². The van der Waals surface area contributed by atoms with Crippen LogP contribution in [0.25, 0.3) is 0 Å². The molecular formula is C23H32ClNO2. The molecule has 2 atom stereocenters. The zero-order chi connectivity index (χ0) is 19.2. The van der Waals surface area contributed by atoms with Gasteiger partial charge in [0.15, 0.2) is 0 Å². The molecule has 3 nitrogen and oxygen atoms in total. The van der Waals surface area contributed by atoms with Crippen LogP contribution in [0.15, 0.2) is 18.2 Å². The van der Waals surface area contributed by atoms with E-state index >= 15 is 0 Å². The summed E-state index contributed by atoms with van der Waals surface area (Å²) < 4.78 is 5.39. The van der Waals surface area contributed by atoms with Gasteiger partial charge in [-0.05, 0) is 113 Å². The minimum Gasteiger partial charge on any atom is -0.444 e. The van der Waals surface area contributed by atoms with Crippen LogP contribution in [0.2, 0.25) is 5.02 Å². The van der Waals surface area contributed by atoms with E-state index in [-0.39, 0.29) is 12.1 Å². The second-order valence-corrected chi connectivity index (χ2v) is 10.4. The highest BCUT2D eigenvalue weighted by Gasteiger charge is 2.57. The van der Waals surface area contributed by atoms with Gasteiger partial charge >= 0.3 is 6.09 Å². The molecule has 3 aliphatic carbocycles. The number of nitrogens with one attached hydrogen (secondary N) is 1. The lowest BCUT2D eigenvalue weighted by atomic mass is 9.81. The van der Waals surface area contributed by atoms with Crippen LogP contribution in [-0.2, 0) is 16.6 Å². The predicted molar refractivity (Wildman–Crippen MR) is 109 cm³/mol. The van der Waals surface area contributed by atoms with Gasteiger partial charge < -0.3 is 10.1 Å². The molecule has 1 spiro atoms. The van der Waals surface area contributed by atoms with Crippen LogP contribution in [0.5, 0.6) is 0 Å². The monoisotopic (exact) mass is 389 g/mol. The van der Waals surface area contributed by atoms with Crippen LogP contribution in [0.1, 0.15) is 76.8 Å². The Hall–Kier alpha value is -1.22. The zero-order valence-electron chi connectivity index (χ0n) is 16.8. The number of hydrogen-bond donors (Lipinski definition) is 1. The number of carbonyl (C=O) groups is 1. The van der Waals surface area contributed by atoms with Crippen molar-refractivity contribution in [3.05, 3.63) is 34.3 Å². The van der Waals surface area contributed by atoms with Gasteiger partial charge in [0.05, 0.1) is 0 Å². The zero-order valence-corrected chi connectivity index (χ0v) is 17.6. The summed E-state index contributed by atoms with van der Waals surface area (Å²) in [7, 11) is 0. The smallest absolute Gasteiger partial charge is 0.407 e. The lowest BCUT2D eigenvalue weighted by molar-refractivity contribution is 0.0486. The predicted octanol–water partition coefficient (Wildman–Crippen LogP) is 6.02. The molecule has 0 bridgehead atoms. The molecule has 2 saturated carbocycles. The summed E-state index contributed by atoms with van der Waals surface area (Å²) in [6.45, 7) is 5.72. The summed E-state index contributed by atoms with van der Waals surface area (Å²) in [5.74, 6) is 1.63. The minimum atomic E-state index is -0.429. The van der Waals surface area contributed by atoms with Gasteiger partial charge in [0.1, 0.15) is 5.60 Å². The number of halogens is 1. The molecule has 4 heteroatoms. The number of aryl methyl sites for hydroxylation is 1. The molecule has 0 heterocycles. The van der Waals surface area contributed by atoms with E-state index in [9.17, 15) is 4.79 Å². The molecule has 0 radical (unpaired) electrons. The van der Waals surface area contributed by atoms with Crippen LogP contribution in [0.3, 0.4) is 0 Å². The van der Waals surface area contributed by atoms with Gasteiger partial charge in [-0.25, -0.2) is 4.79 Å². The summed E-state index contributed by atoms with van der Waals surface area (Å²) in [5, 5.41) is 3.94. The summed E-state index contributed by atoms with van der Waals surface area (Å²) in [6.07, 6.45) is 9.52. The first-order valence-corrected chi connectivity index (χ1v) is 10.9. The van der Waals surface area contributed by atoms with Crippen molar-refractivity contribution in [3.63, 3.8) is 0 Å². The normalized spacial score (nSPS) is 32.2. The van der Waals surface area contributed by atoms with Gasteiger partial charge in [-0.2, -0.15) is 0 Å². The average Bonchev–Trinajstić information content (AvgIpc) is 3.15. The minimum absolute atomic E-state index is 0.272. The summed E-state index contributed by atoms with van der Waals surface area (Å²) >= 11 is 6.27. The number of ether oxygens (including phenoxy) is 1. The first-order chi connectivity index (χ1) is 12.7. The molecule has 1 aromatic rings. The Morgan fingerprint density at radius 1 is 1.26 bits per heavy atom. The standard InChI is InChI=1S/C23H32ClNO2/c1-22(2,3)27-21(26)25-19-8-4-15(5-9-19)12-17-14-23(17)11-10-16-6-7-18(24)13-20(16)23/h6-7,13,15,17,19H,4-5,8-12,14H2,1-3H3,(H,25,26). The van der Waals surface area contributed by atoms with Gasteiger partial charge in [-0.1, -0.05) is 17.7 Å². The molecule has 4 rings (SSSR count). The van der Waals surface area contributed by atoms with Gasteiger partial charge in [-0.15, -0.1) is 0 Å². The van der Waals surface area contributed by atoms with E-state index in [2.05, 4.69) is 17.4 Å². The van der Waals surface area contributed by atoms with Crippen molar-refractivity contribution in [3.8, 4) is 0 Å². The van der Waals surface area contributed by atoms with E-state index < -0.39 is 5.60 Å². The molecule has 3 aliphatic rings.